The summed E-state index contributed by atoms with van der Waals surface area (Å²) < 4.78 is 0. The third-order valence-electron chi connectivity index (χ3n) is 3.86. The Hall–Kier alpha value is -1.13. The van der Waals surface area contributed by atoms with Gasteiger partial charge >= 0.3 is 0 Å². The second-order valence-corrected chi connectivity index (χ2v) is 5.75. The second kappa shape index (κ2) is 6.35. The Morgan fingerprint density at radius 2 is 2.16 bits per heavy atom. The highest BCUT2D eigenvalue weighted by Crippen LogP contribution is 2.21. The number of nitrogens with zero attached hydrogens (tertiary/aromatic N) is 3. The molecular weight excluding hydrogens is 236 g/mol. The summed E-state index contributed by atoms with van der Waals surface area (Å²) in [7, 11) is 4.35. The van der Waals surface area contributed by atoms with Crippen LogP contribution in [0, 0.1) is 5.92 Å². The number of hydrogen-bond acceptors (Lipinski definition) is 4. The molecule has 2 atom stereocenters. The summed E-state index contributed by atoms with van der Waals surface area (Å²) >= 11 is 0. The zero-order valence-corrected chi connectivity index (χ0v) is 12.6. The number of likely N-dealkylation sites (tertiary alicyclic amines) is 1. The molecule has 0 spiro atoms. The van der Waals surface area contributed by atoms with Crippen molar-refractivity contribution in [2.24, 2.45) is 5.92 Å². The van der Waals surface area contributed by atoms with Crippen LogP contribution in [0.4, 0.5) is 5.82 Å². The molecule has 2 rings (SSSR count). The van der Waals surface area contributed by atoms with E-state index in [1.807, 2.05) is 6.07 Å². The van der Waals surface area contributed by atoms with Crippen LogP contribution in [-0.4, -0.2) is 54.6 Å². The predicted molar refractivity (Wildman–Crippen MR) is 80.3 cm³/mol. The van der Waals surface area contributed by atoms with Gasteiger partial charge in [0.05, 0.1) is 5.69 Å². The van der Waals surface area contributed by atoms with Crippen LogP contribution < -0.4 is 5.32 Å². The van der Waals surface area contributed by atoms with Gasteiger partial charge in [0.2, 0.25) is 0 Å². The Morgan fingerprint density at radius 3 is 2.79 bits per heavy atom. The summed E-state index contributed by atoms with van der Waals surface area (Å²) in [4.78, 5) is 9.50. The van der Waals surface area contributed by atoms with E-state index < -0.39 is 0 Å². The van der Waals surface area contributed by atoms with Crippen molar-refractivity contribution in [3.05, 3.63) is 23.9 Å². The highest BCUT2D eigenvalue weighted by atomic mass is 15.2. The van der Waals surface area contributed by atoms with Crippen molar-refractivity contribution >= 4 is 5.82 Å². The molecule has 1 aliphatic heterocycles. The summed E-state index contributed by atoms with van der Waals surface area (Å²) in [6.45, 7) is 8.61. The van der Waals surface area contributed by atoms with Crippen molar-refractivity contribution in [1.82, 2.24) is 14.8 Å². The van der Waals surface area contributed by atoms with E-state index in [1.165, 1.54) is 0 Å². The molecule has 1 fully saturated rings. The average Bonchev–Trinajstić information content (AvgIpc) is 2.71. The molecule has 1 aromatic rings. The Kier molecular flexibility index (Phi) is 4.77. The van der Waals surface area contributed by atoms with E-state index in [4.69, 9.17) is 0 Å². The van der Waals surface area contributed by atoms with Crippen LogP contribution in [0.25, 0.3) is 0 Å². The minimum Gasteiger partial charge on any atom is -0.370 e. The average molecular weight is 262 g/mol. The molecule has 106 valence electrons. The third kappa shape index (κ3) is 3.67. The Balaban J connectivity index is 1.96. The van der Waals surface area contributed by atoms with Gasteiger partial charge in [0.15, 0.2) is 0 Å². The fourth-order valence-electron chi connectivity index (χ4n) is 2.93. The zero-order valence-electron chi connectivity index (χ0n) is 12.6. The predicted octanol–water partition coefficient (Wildman–Crippen LogP) is 1.90. The van der Waals surface area contributed by atoms with E-state index in [9.17, 15) is 0 Å². The molecule has 1 N–H and O–H groups in total. The van der Waals surface area contributed by atoms with Crippen LogP contribution in [0.2, 0.25) is 0 Å². The molecule has 1 saturated heterocycles. The van der Waals surface area contributed by atoms with Crippen LogP contribution in [0.3, 0.4) is 0 Å². The van der Waals surface area contributed by atoms with Gasteiger partial charge in [0.1, 0.15) is 5.82 Å². The number of likely N-dealkylation sites (N-methyl/N-ethyl adjacent to an activating group) is 1. The van der Waals surface area contributed by atoms with Crippen LogP contribution >= 0.6 is 0 Å². The first-order valence-electron chi connectivity index (χ1n) is 7.18. The number of aromatic nitrogens is 1. The fourth-order valence-corrected chi connectivity index (χ4v) is 2.93. The summed E-state index contributed by atoms with van der Waals surface area (Å²) in [5.74, 6) is 1.71. The molecule has 19 heavy (non-hydrogen) atoms. The van der Waals surface area contributed by atoms with Crippen LogP contribution in [-0.2, 0) is 6.54 Å². The van der Waals surface area contributed by atoms with Gasteiger partial charge in [-0.3, -0.25) is 4.90 Å². The van der Waals surface area contributed by atoms with Gasteiger partial charge in [-0.25, -0.2) is 4.98 Å². The van der Waals surface area contributed by atoms with Crippen molar-refractivity contribution < 1.29 is 0 Å². The van der Waals surface area contributed by atoms with E-state index in [2.05, 4.69) is 60.2 Å². The largest absolute Gasteiger partial charge is 0.370 e. The number of nitrogens with one attached hydrogen (secondary N) is 1. The molecule has 1 aromatic heterocycles. The van der Waals surface area contributed by atoms with Gasteiger partial charge in [-0.2, -0.15) is 0 Å². The Morgan fingerprint density at radius 1 is 1.37 bits per heavy atom. The quantitative estimate of drug-likeness (QED) is 0.878. The third-order valence-corrected chi connectivity index (χ3v) is 3.86. The second-order valence-electron chi connectivity index (χ2n) is 5.75. The highest BCUT2D eigenvalue weighted by Gasteiger charge is 2.30. The Labute approximate surface area is 116 Å². The van der Waals surface area contributed by atoms with Gasteiger partial charge < -0.3 is 10.2 Å². The molecule has 2 heterocycles. The maximum Gasteiger partial charge on any atom is 0.126 e. The van der Waals surface area contributed by atoms with E-state index in [1.54, 1.807) is 0 Å². The highest BCUT2D eigenvalue weighted by molar-refractivity contribution is 5.35. The summed E-state index contributed by atoms with van der Waals surface area (Å²) in [6.07, 6.45) is 0. The van der Waals surface area contributed by atoms with Crippen LogP contribution in [0.5, 0.6) is 0 Å². The van der Waals surface area contributed by atoms with E-state index in [0.29, 0.717) is 6.04 Å². The Bertz CT molecular complexity index is 405. The van der Waals surface area contributed by atoms with Gasteiger partial charge in [-0.05, 0) is 39.1 Å². The summed E-state index contributed by atoms with van der Waals surface area (Å²) in [5, 5.41) is 3.27. The van der Waals surface area contributed by atoms with Gasteiger partial charge in [0, 0.05) is 32.2 Å². The molecular formula is C15H26N4. The van der Waals surface area contributed by atoms with Crippen LogP contribution in [0.15, 0.2) is 18.2 Å². The standard InChI is InChI=1S/C15H26N4/c1-5-16-15-8-6-7-13(17-15)10-19-9-12(2)14(11-19)18(3)4/h6-8,12,14H,5,9-11H2,1-4H3,(H,16,17). The molecule has 2 unspecified atom stereocenters. The molecule has 4 heteroatoms. The van der Waals surface area contributed by atoms with Crippen molar-refractivity contribution in [2.45, 2.75) is 26.4 Å². The van der Waals surface area contributed by atoms with Crippen molar-refractivity contribution in [2.75, 3.05) is 39.0 Å². The first-order valence-corrected chi connectivity index (χ1v) is 7.18. The van der Waals surface area contributed by atoms with E-state index >= 15 is 0 Å². The first-order chi connectivity index (χ1) is 9.10. The van der Waals surface area contributed by atoms with Crippen molar-refractivity contribution in [1.29, 1.82) is 0 Å². The fraction of sp³-hybridized carbons (Fsp3) is 0.667. The molecule has 0 amide bonds. The minimum absolute atomic E-state index is 0.664. The minimum atomic E-state index is 0.664. The number of anilines is 1. The van der Waals surface area contributed by atoms with Gasteiger partial charge in [0.25, 0.3) is 0 Å². The molecule has 0 aromatic carbocycles. The molecule has 0 saturated carbocycles. The van der Waals surface area contributed by atoms with E-state index in [0.717, 1.165) is 43.6 Å². The lowest BCUT2D eigenvalue weighted by molar-refractivity contribution is 0.249. The number of rotatable bonds is 5. The van der Waals surface area contributed by atoms with Gasteiger partial charge in [-0.15, -0.1) is 0 Å². The van der Waals surface area contributed by atoms with E-state index in [-0.39, 0.29) is 0 Å². The maximum atomic E-state index is 4.65. The van der Waals surface area contributed by atoms with Crippen molar-refractivity contribution in [3.63, 3.8) is 0 Å². The summed E-state index contributed by atoms with van der Waals surface area (Å²) in [6, 6.07) is 6.90. The smallest absolute Gasteiger partial charge is 0.126 e. The first kappa shape index (κ1) is 14.3. The number of pyridine rings is 1. The molecule has 0 aliphatic carbocycles. The SMILES string of the molecule is CCNc1cccc(CN2CC(C)C(N(C)C)C2)n1. The lowest BCUT2D eigenvalue weighted by atomic mass is 10.1. The lowest BCUT2D eigenvalue weighted by Gasteiger charge is -2.22. The topological polar surface area (TPSA) is 31.4 Å². The molecule has 4 nitrogen and oxygen atoms in total. The number of hydrogen-bond donors (Lipinski definition) is 1. The normalized spacial score (nSPS) is 24.1. The summed E-state index contributed by atoms with van der Waals surface area (Å²) in [5.41, 5.74) is 1.16. The molecule has 1 aliphatic rings. The zero-order chi connectivity index (χ0) is 13.8. The molecule has 0 bridgehead atoms. The lowest BCUT2D eigenvalue weighted by Crippen LogP contribution is -2.34. The maximum absolute atomic E-state index is 4.65. The van der Waals surface area contributed by atoms with Crippen LogP contribution in [0.1, 0.15) is 19.5 Å². The van der Waals surface area contributed by atoms with Gasteiger partial charge in [-0.1, -0.05) is 13.0 Å². The monoisotopic (exact) mass is 262 g/mol. The van der Waals surface area contributed by atoms with Crippen molar-refractivity contribution in [3.8, 4) is 0 Å². The molecule has 0 radical (unpaired) electrons.